The molecule has 0 aliphatic heterocycles. The molecule has 0 unspecified atom stereocenters. The molecule has 0 aliphatic carbocycles. The summed E-state index contributed by atoms with van der Waals surface area (Å²) < 4.78 is 0. The fraction of sp³-hybridized carbons (Fsp3) is 0.857. The maximum atomic E-state index is 11.2. The van der Waals surface area contributed by atoms with E-state index in [1.54, 1.807) is 79.8 Å². The number of rotatable bonds is 4. The monoisotopic (exact) mass is 341 g/mol. The SMILES string of the molecule is CC(=NN(C)C)C(C)(C)[O-].CC(=NN(C)C)C(C)(C)[O-].[Mn+2]. The van der Waals surface area contributed by atoms with Gasteiger partial charge in [0, 0.05) is 39.6 Å². The van der Waals surface area contributed by atoms with E-state index in [9.17, 15) is 10.2 Å². The molecule has 0 aliphatic rings. The Bertz CT molecular complexity index is 306. The van der Waals surface area contributed by atoms with Crippen molar-refractivity contribution in [1.82, 2.24) is 10.0 Å². The Kier molecular flexibility index (Phi) is 12.3. The van der Waals surface area contributed by atoms with Crippen LogP contribution in [-0.4, -0.2) is 60.8 Å². The second kappa shape index (κ2) is 10.2. The van der Waals surface area contributed by atoms with Crippen LogP contribution in [0, 0.1) is 0 Å². The van der Waals surface area contributed by atoms with Crippen molar-refractivity contribution in [3.63, 3.8) is 0 Å². The van der Waals surface area contributed by atoms with E-state index >= 15 is 0 Å². The van der Waals surface area contributed by atoms with E-state index in [1.807, 2.05) is 0 Å². The van der Waals surface area contributed by atoms with Gasteiger partial charge in [-0.25, -0.2) is 0 Å². The predicted molar refractivity (Wildman–Crippen MR) is 81.8 cm³/mol. The topological polar surface area (TPSA) is 77.3 Å². The summed E-state index contributed by atoms with van der Waals surface area (Å²) in [6, 6.07) is 0. The molecule has 0 aromatic rings. The number of hydrazone groups is 2. The van der Waals surface area contributed by atoms with E-state index in [-0.39, 0.29) is 17.1 Å². The Morgan fingerprint density at radius 1 is 0.714 bits per heavy atom. The van der Waals surface area contributed by atoms with Crippen molar-refractivity contribution in [2.24, 2.45) is 10.2 Å². The molecule has 125 valence electrons. The minimum Gasteiger partial charge on any atom is -0.845 e. The molecule has 1 radical (unpaired) electrons. The van der Waals surface area contributed by atoms with Crippen molar-refractivity contribution in [2.45, 2.75) is 52.7 Å². The number of nitrogens with zero attached hydrogens (tertiary/aromatic N) is 4. The van der Waals surface area contributed by atoms with Gasteiger partial charge in [0.2, 0.25) is 0 Å². The van der Waals surface area contributed by atoms with Crippen LogP contribution in [0.5, 0.6) is 0 Å². The molecular weight excluding hydrogens is 311 g/mol. The summed E-state index contributed by atoms with van der Waals surface area (Å²) in [6.45, 7) is 9.91. The van der Waals surface area contributed by atoms with Gasteiger partial charge in [-0.3, -0.25) is 0 Å². The zero-order valence-electron chi connectivity index (χ0n) is 15.0. The van der Waals surface area contributed by atoms with Crippen LogP contribution >= 0.6 is 0 Å². The summed E-state index contributed by atoms with van der Waals surface area (Å²) in [5.74, 6) is 0. The standard InChI is InChI=1S/2C7H15N2O.Mn/c2*1-6(7(2,3)10)8-9(4)5;/h2*1-5H3;/q2*-1;+2. The molecule has 0 amide bonds. The molecule has 0 bridgehead atoms. The summed E-state index contributed by atoms with van der Waals surface area (Å²) >= 11 is 0. The van der Waals surface area contributed by atoms with Crippen LogP contribution in [0.15, 0.2) is 10.2 Å². The molecule has 21 heavy (non-hydrogen) atoms. The van der Waals surface area contributed by atoms with Gasteiger partial charge in [0.25, 0.3) is 0 Å². The van der Waals surface area contributed by atoms with Crippen molar-refractivity contribution in [3.8, 4) is 0 Å². The Morgan fingerprint density at radius 2 is 0.905 bits per heavy atom. The summed E-state index contributed by atoms with van der Waals surface area (Å²) in [5, 5.41) is 33.6. The van der Waals surface area contributed by atoms with Gasteiger partial charge in [0.15, 0.2) is 0 Å². The Hall–Kier alpha value is -0.621. The molecule has 7 heteroatoms. The number of hydrogen-bond donors (Lipinski definition) is 0. The molecule has 0 N–H and O–H groups in total. The van der Waals surface area contributed by atoms with E-state index in [0.717, 1.165) is 0 Å². The molecule has 0 spiro atoms. The van der Waals surface area contributed by atoms with Crippen molar-refractivity contribution in [1.29, 1.82) is 0 Å². The third-order valence-corrected chi connectivity index (χ3v) is 2.44. The Balaban J connectivity index is -0.000000295. The quantitative estimate of drug-likeness (QED) is 0.413. The van der Waals surface area contributed by atoms with Crippen molar-refractivity contribution in [2.75, 3.05) is 28.2 Å². The molecule has 0 atom stereocenters. The molecule has 0 saturated carbocycles. The van der Waals surface area contributed by atoms with Crippen LogP contribution in [0.3, 0.4) is 0 Å². The van der Waals surface area contributed by atoms with Gasteiger partial charge < -0.3 is 20.2 Å². The minimum absolute atomic E-state index is 0. The normalized spacial score (nSPS) is 13.0. The first-order valence-corrected chi connectivity index (χ1v) is 6.54. The van der Waals surface area contributed by atoms with Crippen molar-refractivity contribution in [3.05, 3.63) is 0 Å². The van der Waals surface area contributed by atoms with E-state index in [4.69, 9.17) is 0 Å². The van der Waals surface area contributed by atoms with Crippen LogP contribution in [-0.2, 0) is 17.1 Å². The molecule has 6 nitrogen and oxygen atoms in total. The van der Waals surface area contributed by atoms with Crippen LogP contribution in [0.1, 0.15) is 41.5 Å². The summed E-state index contributed by atoms with van der Waals surface area (Å²) in [5.41, 5.74) is -0.885. The van der Waals surface area contributed by atoms with E-state index in [0.29, 0.717) is 11.4 Å². The second-order valence-corrected chi connectivity index (χ2v) is 6.09. The van der Waals surface area contributed by atoms with E-state index < -0.39 is 11.2 Å². The largest absolute Gasteiger partial charge is 2.00 e. The minimum atomic E-state index is -1.05. The van der Waals surface area contributed by atoms with Crippen molar-refractivity contribution >= 4 is 11.4 Å². The van der Waals surface area contributed by atoms with Crippen molar-refractivity contribution < 1.29 is 27.3 Å². The van der Waals surface area contributed by atoms with Crippen LogP contribution in [0.4, 0.5) is 0 Å². The smallest absolute Gasteiger partial charge is 0.845 e. The molecule has 0 aromatic carbocycles. The third kappa shape index (κ3) is 15.6. The third-order valence-electron chi connectivity index (χ3n) is 2.44. The molecule has 0 saturated heterocycles. The Labute approximate surface area is 140 Å². The molecule has 0 aromatic heterocycles. The van der Waals surface area contributed by atoms with Crippen LogP contribution < -0.4 is 10.2 Å². The van der Waals surface area contributed by atoms with Gasteiger partial charge in [-0.2, -0.15) is 10.2 Å². The first kappa shape index (κ1) is 25.3. The Morgan fingerprint density at radius 3 is 0.952 bits per heavy atom. The zero-order valence-corrected chi connectivity index (χ0v) is 16.2. The maximum absolute atomic E-state index is 11.2. The molecule has 0 fully saturated rings. The van der Waals surface area contributed by atoms with E-state index in [2.05, 4.69) is 10.2 Å². The fourth-order valence-electron chi connectivity index (χ4n) is 0.841. The average Bonchev–Trinajstić information content (AvgIpc) is 2.13. The molecular formula is C14H30MnN4O2. The first-order chi connectivity index (χ1) is 8.67. The van der Waals surface area contributed by atoms with Gasteiger partial charge in [0.1, 0.15) is 0 Å². The predicted octanol–water partition coefficient (Wildman–Crippen LogP) is 0.123. The van der Waals surface area contributed by atoms with Crippen LogP contribution in [0.2, 0.25) is 0 Å². The fourth-order valence-corrected chi connectivity index (χ4v) is 0.841. The molecule has 0 rings (SSSR count). The van der Waals surface area contributed by atoms with Gasteiger partial charge in [-0.15, -0.1) is 0 Å². The zero-order chi connectivity index (χ0) is 16.7. The van der Waals surface area contributed by atoms with Crippen LogP contribution in [0.25, 0.3) is 0 Å². The van der Waals surface area contributed by atoms with Gasteiger partial charge in [0.05, 0.1) is 0 Å². The van der Waals surface area contributed by atoms with Gasteiger partial charge in [-0.05, 0) is 13.8 Å². The number of hydrogen-bond acceptors (Lipinski definition) is 6. The second-order valence-electron chi connectivity index (χ2n) is 6.09. The van der Waals surface area contributed by atoms with Gasteiger partial charge in [-0.1, -0.05) is 38.9 Å². The molecule has 0 heterocycles. The summed E-state index contributed by atoms with van der Waals surface area (Å²) in [6.07, 6.45) is 0. The average molecular weight is 341 g/mol. The van der Waals surface area contributed by atoms with E-state index in [1.165, 1.54) is 0 Å². The summed E-state index contributed by atoms with van der Waals surface area (Å²) in [4.78, 5) is 0. The maximum Gasteiger partial charge on any atom is 2.00 e. The van der Waals surface area contributed by atoms with Gasteiger partial charge >= 0.3 is 17.1 Å². The summed E-state index contributed by atoms with van der Waals surface area (Å²) in [7, 11) is 7.20. The first-order valence-electron chi connectivity index (χ1n) is 6.54.